The summed E-state index contributed by atoms with van der Waals surface area (Å²) in [6.07, 6.45) is 2.69. The van der Waals surface area contributed by atoms with Crippen LogP contribution in [0.15, 0.2) is 18.3 Å². The van der Waals surface area contributed by atoms with Gasteiger partial charge in [0.15, 0.2) is 0 Å². The first-order chi connectivity index (χ1) is 9.22. The topological polar surface area (TPSA) is 98.8 Å². The zero-order chi connectivity index (χ0) is 13.7. The van der Waals surface area contributed by atoms with Crippen LogP contribution in [0.1, 0.15) is 18.2 Å². The van der Waals surface area contributed by atoms with Crippen LogP contribution in [0, 0.1) is 0 Å². The summed E-state index contributed by atoms with van der Waals surface area (Å²) in [6, 6.07) is 4.16. The Labute approximate surface area is 111 Å². The molecular weight excluding hydrogens is 244 g/mol. The number of aryl methyl sites for hydroxylation is 1. The number of hydrogen-bond acceptors (Lipinski definition) is 7. The van der Waals surface area contributed by atoms with Crippen molar-refractivity contribution in [3.05, 3.63) is 29.6 Å². The van der Waals surface area contributed by atoms with E-state index < -0.39 is 0 Å². The van der Waals surface area contributed by atoms with Crippen molar-refractivity contribution in [3.8, 4) is 6.01 Å². The Morgan fingerprint density at radius 1 is 1.32 bits per heavy atom. The van der Waals surface area contributed by atoms with Gasteiger partial charge in [-0.15, -0.1) is 0 Å². The number of nitrogens with one attached hydrogen (secondary N) is 1. The maximum atomic E-state index is 5.56. The number of aromatic nitrogens is 4. The van der Waals surface area contributed by atoms with Crippen molar-refractivity contribution >= 4 is 11.9 Å². The molecule has 0 fully saturated rings. The van der Waals surface area contributed by atoms with Crippen LogP contribution in [-0.4, -0.2) is 27.0 Å². The number of hydrogen-bond donors (Lipinski definition) is 2. The molecule has 0 aromatic carbocycles. The minimum absolute atomic E-state index is 0.117. The standard InChI is InChI=1S/C12H16N6O/c1-3-8-5-4-6-14-9(8)7-15-11-16-10(13)17-12(18-11)19-2/h4-6H,3,7H2,1-2H3,(H3,13,15,16,17,18). The number of rotatable bonds is 5. The summed E-state index contributed by atoms with van der Waals surface area (Å²) in [5.74, 6) is 0.489. The average molecular weight is 260 g/mol. The van der Waals surface area contributed by atoms with Crippen molar-refractivity contribution in [1.82, 2.24) is 19.9 Å². The molecule has 2 aromatic rings. The van der Waals surface area contributed by atoms with Gasteiger partial charge in [0.25, 0.3) is 0 Å². The summed E-state index contributed by atoms with van der Waals surface area (Å²) >= 11 is 0. The molecule has 0 saturated heterocycles. The number of nitrogens with two attached hydrogens (primary N) is 1. The minimum atomic E-state index is 0.117. The molecule has 0 bridgehead atoms. The van der Waals surface area contributed by atoms with Crippen LogP contribution in [0.5, 0.6) is 6.01 Å². The second-order valence-electron chi connectivity index (χ2n) is 3.82. The lowest BCUT2D eigenvalue weighted by Crippen LogP contribution is -2.10. The van der Waals surface area contributed by atoms with Crippen molar-refractivity contribution < 1.29 is 4.74 Å². The second-order valence-corrected chi connectivity index (χ2v) is 3.82. The highest BCUT2D eigenvalue weighted by atomic mass is 16.5. The molecule has 0 unspecified atom stereocenters. The molecule has 0 amide bonds. The molecule has 0 aliphatic carbocycles. The highest BCUT2D eigenvalue weighted by molar-refractivity contribution is 5.34. The van der Waals surface area contributed by atoms with E-state index in [9.17, 15) is 0 Å². The molecule has 0 atom stereocenters. The third-order valence-electron chi connectivity index (χ3n) is 2.59. The van der Waals surface area contributed by atoms with Crippen molar-refractivity contribution in [1.29, 1.82) is 0 Å². The molecule has 0 aliphatic heterocycles. The van der Waals surface area contributed by atoms with Crippen LogP contribution in [-0.2, 0) is 13.0 Å². The van der Waals surface area contributed by atoms with Crippen LogP contribution in [0.3, 0.4) is 0 Å². The molecule has 7 heteroatoms. The summed E-state index contributed by atoms with van der Waals surface area (Å²) in [5, 5.41) is 3.07. The molecule has 2 heterocycles. The third kappa shape index (κ3) is 3.27. The van der Waals surface area contributed by atoms with Gasteiger partial charge in [0.2, 0.25) is 11.9 Å². The molecule has 19 heavy (non-hydrogen) atoms. The van der Waals surface area contributed by atoms with Crippen LogP contribution in [0.25, 0.3) is 0 Å². The fraction of sp³-hybridized carbons (Fsp3) is 0.333. The van der Waals surface area contributed by atoms with Gasteiger partial charge in [0, 0.05) is 6.20 Å². The van der Waals surface area contributed by atoms with E-state index in [0.717, 1.165) is 12.1 Å². The van der Waals surface area contributed by atoms with E-state index in [2.05, 4.69) is 32.2 Å². The summed E-state index contributed by atoms with van der Waals surface area (Å²) in [5.41, 5.74) is 7.71. The SMILES string of the molecule is CCc1cccnc1CNc1nc(N)nc(OC)n1. The molecule has 0 saturated carbocycles. The summed E-state index contributed by atoms with van der Waals surface area (Å²) in [7, 11) is 1.48. The molecule has 2 aromatic heterocycles. The molecule has 3 N–H and O–H groups in total. The lowest BCUT2D eigenvalue weighted by Gasteiger charge is -2.08. The van der Waals surface area contributed by atoms with E-state index in [0.29, 0.717) is 12.5 Å². The largest absolute Gasteiger partial charge is 0.467 e. The summed E-state index contributed by atoms with van der Waals surface area (Å²) < 4.78 is 4.93. The predicted octanol–water partition coefficient (Wildman–Crippen LogP) is 1.03. The fourth-order valence-electron chi connectivity index (χ4n) is 1.66. The molecular formula is C12H16N6O. The maximum Gasteiger partial charge on any atom is 0.322 e. The second kappa shape index (κ2) is 5.94. The Morgan fingerprint density at radius 2 is 2.16 bits per heavy atom. The minimum Gasteiger partial charge on any atom is -0.467 e. The molecule has 7 nitrogen and oxygen atoms in total. The van der Waals surface area contributed by atoms with Crippen molar-refractivity contribution in [2.24, 2.45) is 0 Å². The number of anilines is 2. The van der Waals surface area contributed by atoms with E-state index in [1.807, 2.05) is 12.1 Å². The average Bonchev–Trinajstić information content (AvgIpc) is 2.44. The fourth-order valence-corrected chi connectivity index (χ4v) is 1.66. The van der Waals surface area contributed by atoms with Gasteiger partial charge in [-0.3, -0.25) is 4.98 Å². The molecule has 0 radical (unpaired) electrons. The quantitative estimate of drug-likeness (QED) is 0.828. The number of pyridine rings is 1. The van der Waals surface area contributed by atoms with Crippen LogP contribution < -0.4 is 15.8 Å². The molecule has 0 spiro atoms. The third-order valence-corrected chi connectivity index (χ3v) is 2.59. The van der Waals surface area contributed by atoms with E-state index in [1.54, 1.807) is 6.20 Å². The van der Waals surface area contributed by atoms with Crippen molar-refractivity contribution in [2.45, 2.75) is 19.9 Å². The normalized spacial score (nSPS) is 10.2. The smallest absolute Gasteiger partial charge is 0.322 e. The van der Waals surface area contributed by atoms with Gasteiger partial charge in [-0.25, -0.2) is 0 Å². The number of methoxy groups -OCH3 is 1. The monoisotopic (exact) mass is 260 g/mol. The molecule has 100 valence electrons. The van der Waals surface area contributed by atoms with Crippen LogP contribution in [0.4, 0.5) is 11.9 Å². The van der Waals surface area contributed by atoms with Gasteiger partial charge >= 0.3 is 6.01 Å². The van der Waals surface area contributed by atoms with Gasteiger partial charge in [0.05, 0.1) is 19.3 Å². The zero-order valence-electron chi connectivity index (χ0n) is 10.9. The Bertz CT molecular complexity index is 560. The van der Waals surface area contributed by atoms with Gasteiger partial charge in [0.1, 0.15) is 0 Å². The molecule has 2 rings (SSSR count). The Kier molecular flexibility index (Phi) is 4.07. The first kappa shape index (κ1) is 13.0. The first-order valence-corrected chi connectivity index (χ1v) is 5.95. The lowest BCUT2D eigenvalue weighted by molar-refractivity contribution is 0.379. The van der Waals surface area contributed by atoms with Crippen molar-refractivity contribution in [3.63, 3.8) is 0 Å². The predicted molar refractivity (Wildman–Crippen MR) is 71.7 cm³/mol. The first-order valence-electron chi connectivity index (χ1n) is 5.95. The van der Waals surface area contributed by atoms with E-state index >= 15 is 0 Å². The Morgan fingerprint density at radius 3 is 2.89 bits per heavy atom. The van der Waals surface area contributed by atoms with Crippen LogP contribution in [0.2, 0.25) is 0 Å². The highest BCUT2D eigenvalue weighted by Gasteiger charge is 2.06. The van der Waals surface area contributed by atoms with Gasteiger partial charge in [-0.2, -0.15) is 15.0 Å². The Balaban J connectivity index is 2.12. The van der Waals surface area contributed by atoms with Crippen LogP contribution >= 0.6 is 0 Å². The summed E-state index contributed by atoms with van der Waals surface area (Å²) in [4.78, 5) is 16.2. The van der Waals surface area contributed by atoms with E-state index in [4.69, 9.17) is 10.5 Å². The van der Waals surface area contributed by atoms with E-state index in [1.165, 1.54) is 12.7 Å². The molecule has 0 aliphatic rings. The van der Waals surface area contributed by atoms with Gasteiger partial charge < -0.3 is 15.8 Å². The van der Waals surface area contributed by atoms with Crippen molar-refractivity contribution in [2.75, 3.05) is 18.2 Å². The zero-order valence-corrected chi connectivity index (χ0v) is 10.9. The van der Waals surface area contributed by atoms with E-state index in [-0.39, 0.29) is 12.0 Å². The highest BCUT2D eigenvalue weighted by Crippen LogP contribution is 2.11. The maximum absolute atomic E-state index is 5.56. The number of ether oxygens (including phenoxy) is 1. The van der Waals surface area contributed by atoms with Gasteiger partial charge in [-0.1, -0.05) is 13.0 Å². The van der Waals surface area contributed by atoms with Gasteiger partial charge in [-0.05, 0) is 18.1 Å². The lowest BCUT2D eigenvalue weighted by atomic mass is 10.1. The Hall–Kier alpha value is -2.44. The number of nitrogen functional groups attached to an aromatic ring is 1. The number of nitrogens with zero attached hydrogens (tertiary/aromatic N) is 4. The summed E-state index contributed by atoms with van der Waals surface area (Å²) in [6.45, 7) is 2.61.